The molecule has 0 N–H and O–H groups in total. The molecule has 4 heteroatoms. The van der Waals surface area contributed by atoms with Crippen LogP contribution in [-0.4, -0.2) is 43.8 Å². The smallest absolute Gasteiger partial charge is 0.364 e. The summed E-state index contributed by atoms with van der Waals surface area (Å²) >= 11 is 0. The third-order valence-corrected chi connectivity index (χ3v) is 7.12. The monoisotopic (exact) mass is 496 g/mol. The maximum Gasteiger partial charge on any atom is 0.364 e. The predicted octanol–water partition coefficient (Wildman–Crippen LogP) is 7.74. The van der Waals surface area contributed by atoms with Crippen LogP contribution in [0.1, 0.15) is 89.2 Å². The Morgan fingerprint density at radius 3 is 2.00 bits per heavy atom. The fourth-order valence-electron chi connectivity index (χ4n) is 4.41. The van der Waals surface area contributed by atoms with E-state index < -0.39 is 0 Å². The fourth-order valence-corrected chi connectivity index (χ4v) is 4.41. The third kappa shape index (κ3) is 12.1. The number of likely N-dealkylation sites (N-methyl/N-ethyl adjacent to an activating group) is 1. The summed E-state index contributed by atoms with van der Waals surface area (Å²) in [4.78, 5) is 12.6. The average Bonchev–Trinajstić information content (AvgIpc) is 2.88. The maximum absolute atomic E-state index is 12.6. The SMILES string of the molecule is CCCCCCCCCCCc1ccc(OCCCOC(=O)C(C)[N+](C)(C)Cc2ccccc2)cc1. The van der Waals surface area contributed by atoms with Crippen molar-refractivity contribution in [1.29, 1.82) is 0 Å². The van der Waals surface area contributed by atoms with Crippen LogP contribution in [0.15, 0.2) is 54.6 Å². The van der Waals surface area contributed by atoms with Gasteiger partial charge in [0.25, 0.3) is 0 Å². The molecule has 0 saturated heterocycles. The van der Waals surface area contributed by atoms with Gasteiger partial charge in [0.1, 0.15) is 12.3 Å². The number of hydrogen-bond acceptors (Lipinski definition) is 3. The molecule has 0 aromatic heterocycles. The minimum atomic E-state index is -0.232. The Kier molecular flexibility index (Phi) is 14.3. The van der Waals surface area contributed by atoms with E-state index in [0.717, 1.165) is 18.7 Å². The molecule has 2 rings (SSSR count). The Balaban J connectivity index is 1.55. The minimum Gasteiger partial charge on any atom is -0.493 e. The molecule has 0 heterocycles. The maximum atomic E-state index is 12.6. The Bertz CT molecular complexity index is 832. The summed E-state index contributed by atoms with van der Waals surface area (Å²) in [6, 6.07) is 18.5. The number of quaternary nitrogens is 1. The molecule has 0 aliphatic carbocycles. The molecule has 0 aliphatic rings. The van der Waals surface area contributed by atoms with Crippen molar-refractivity contribution in [2.75, 3.05) is 27.3 Å². The molecule has 0 radical (unpaired) electrons. The molecule has 36 heavy (non-hydrogen) atoms. The van der Waals surface area contributed by atoms with Crippen molar-refractivity contribution in [1.82, 2.24) is 0 Å². The molecular formula is C32H50NO3+. The van der Waals surface area contributed by atoms with E-state index in [1.54, 1.807) is 0 Å². The van der Waals surface area contributed by atoms with Gasteiger partial charge in [-0.1, -0.05) is 101 Å². The van der Waals surface area contributed by atoms with Gasteiger partial charge in [-0.3, -0.25) is 0 Å². The van der Waals surface area contributed by atoms with E-state index in [1.165, 1.54) is 68.9 Å². The van der Waals surface area contributed by atoms with Crippen molar-refractivity contribution in [2.45, 2.75) is 97.1 Å². The van der Waals surface area contributed by atoms with Crippen molar-refractivity contribution >= 4 is 5.97 Å². The lowest BCUT2D eigenvalue weighted by Crippen LogP contribution is -2.51. The summed E-state index contributed by atoms with van der Waals surface area (Å²) in [6.07, 6.45) is 14.1. The average molecular weight is 497 g/mol. The van der Waals surface area contributed by atoms with Gasteiger partial charge in [0.15, 0.2) is 6.04 Å². The van der Waals surface area contributed by atoms with Crippen molar-refractivity contribution in [3.8, 4) is 5.75 Å². The van der Waals surface area contributed by atoms with Crippen LogP contribution in [0, 0.1) is 0 Å². The normalized spacial score (nSPS) is 12.3. The Morgan fingerprint density at radius 2 is 1.36 bits per heavy atom. The molecule has 4 nitrogen and oxygen atoms in total. The van der Waals surface area contributed by atoms with Gasteiger partial charge >= 0.3 is 5.97 Å². The summed E-state index contributed by atoms with van der Waals surface area (Å²) < 4.78 is 12.0. The van der Waals surface area contributed by atoms with Gasteiger partial charge < -0.3 is 14.0 Å². The van der Waals surface area contributed by atoms with Crippen molar-refractivity contribution in [3.63, 3.8) is 0 Å². The number of esters is 1. The number of carbonyl (C=O) groups excluding carboxylic acids is 1. The van der Waals surface area contributed by atoms with Crippen LogP contribution in [0.4, 0.5) is 0 Å². The zero-order chi connectivity index (χ0) is 26.1. The van der Waals surface area contributed by atoms with E-state index in [4.69, 9.17) is 9.47 Å². The summed E-state index contributed by atoms with van der Waals surface area (Å²) in [7, 11) is 4.14. The second kappa shape index (κ2) is 17.2. The van der Waals surface area contributed by atoms with Gasteiger partial charge in [-0.05, 0) is 37.5 Å². The Hall–Kier alpha value is -2.33. The molecule has 1 unspecified atom stereocenters. The first-order chi connectivity index (χ1) is 17.4. The van der Waals surface area contributed by atoms with E-state index in [-0.39, 0.29) is 12.0 Å². The van der Waals surface area contributed by atoms with Crippen LogP contribution >= 0.6 is 0 Å². The van der Waals surface area contributed by atoms with Gasteiger partial charge in [-0.2, -0.15) is 0 Å². The molecule has 0 bridgehead atoms. The van der Waals surface area contributed by atoms with Crippen LogP contribution in [0.25, 0.3) is 0 Å². The first-order valence-corrected chi connectivity index (χ1v) is 14.2. The topological polar surface area (TPSA) is 35.5 Å². The Labute approximate surface area is 220 Å². The molecule has 0 saturated carbocycles. The van der Waals surface area contributed by atoms with Gasteiger partial charge in [-0.15, -0.1) is 0 Å². The number of carbonyl (C=O) groups is 1. The van der Waals surface area contributed by atoms with E-state index >= 15 is 0 Å². The molecule has 0 amide bonds. The van der Waals surface area contributed by atoms with Gasteiger partial charge in [0, 0.05) is 12.0 Å². The van der Waals surface area contributed by atoms with E-state index in [0.29, 0.717) is 24.1 Å². The van der Waals surface area contributed by atoms with E-state index in [9.17, 15) is 4.79 Å². The number of aryl methyl sites for hydroxylation is 1. The van der Waals surface area contributed by atoms with Gasteiger partial charge in [0.2, 0.25) is 0 Å². The summed E-state index contributed by atoms with van der Waals surface area (Å²) in [5.74, 6) is 0.725. The predicted molar refractivity (Wildman–Crippen MR) is 150 cm³/mol. The summed E-state index contributed by atoms with van der Waals surface area (Å²) in [5.41, 5.74) is 2.60. The number of benzene rings is 2. The zero-order valence-corrected chi connectivity index (χ0v) is 23.3. The molecule has 0 spiro atoms. The third-order valence-electron chi connectivity index (χ3n) is 7.12. The highest BCUT2D eigenvalue weighted by Gasteiger charge is 2.32. The largest absolute Gasteiger partial charge is 0.493 e. The van der Waals surface area contributed by atoms with Crippen molar-refractivity contribution in [3.05, 3.63) is 65.7 Å². The van der Waals surface area contributed by atoms with Crippen LogP contribution in [0.3, 0.4) is 0 Å². The van der Waals surface area contributed by atoms with Gasteiger partial charge in [0.05, 0.1) is 27.3 Å². The summed E-state index contributed by atoms with van der Waals surface area (Å²) in [6.45, 7) is 5.92. The number of rotatable bonds is 19. The second-order valence-corrected chi connectivity index (χ2v) is 10.7. The lowest BCUT2D eigenvalue weighted by molar-refractivity contribution is -0.917. The lowest BCUT2D eigenvalue weighted by atomic mass is 10.0. The number of unbranched alkanes of at least 4 members (excludes halogenated alkanes) is 8. The standard InChI is InChI=1S/C32H50NO3/c1-5-6-7-8-9-10-11-12-14-18-29-21-23-31(24-22-29)35-25-17-26-36-32(34)28(2)33(3,4)27-30-19-15-13-16-20-30/h13,15-16,19-24,28H,5-12,14,17-18,25-27H2,1-4H3/q+1. The highest BCUT2D eigenvalue weighted by atomic mass is 16.5. The second-order valence-electron chi connectivity index (χ2n) is 10.7. The molecular weight excluding hydrogens is 446 g/mol. The zero-order valence-electron chi connectivity index (χ0n) is 23.3. The van der Waals surface area contributed by atoms with E-state index in [1.807, 2.05) is 25.1 Å². The highest BCUT2D eigenvalue weighted by Crippen LogP contribution is 2.17. The first-order valence-electron chi connectivity index (χ1n) is 14.2. The van der Waals surface area contributed by atoms with E-state index in [2.05, 4.69) is 57.4 Å². The van der Waals surface area contributed by atoms with Crippen LogP contribution in [0.2, 0.25) is 0 Å². The van der Waals surface area contributed by atoms with Crippen LogP contribution in [-0.2, 0) is 22.5 Å². The summed E-state index contributed by atoms with van der Waals surface area (Å²) in [5, 5.41) is 0. The molecule has 2 aromatic rings. The molecule has 2 aromatic carbocycles. The minimum absolute atomic E-state index is 0.156. The number of nitrogens with zero attached hydrogens (tertiary/aromatic N) is 1. The van der Waals surface area contributed by atoms with Gasteiger partial charge in [-0.25, -0.2) is 4.79 Å². The lowest BCUT2D eigenvalue weighted by Gasteiger charge is -2.34. The van der Waals surface area contributed by atoms with Crippen molar-refractivity contribution < 1.29 is 18.8 Å². The quantitative estimate of drug-likeness (QED) is 0.113. The molecule has 0 fully saturated rings. The molecule has 1 atom stereocenters. The first kappa shape index (κ1) is 29.9. The molecule has 0 aliphatic heterocycles. The molecule has 200 valence electrons. The Morgan fingerprint density at radius 1 is 0.750 bits per heavy atom. The highest BCUT2D eigenvalue weighted by molar-refractivity contribution is 5.74. The van der Waals surface area contributed by atoms with Crippen LogP contribution < -0.4 is 4.74 Å². The van der Waals surface area contributed by atoms with Crippen LogP contribution in [0.5, 0.6) is 5.75 Å². The number of hydrogen-bond donors (Lipinski definition) is 0. The number of ether oxygens (including phenoxy) is 2. The fraction of sp³-hybridized carbons (Fsp3) is 0.594. The van der Waals surface area contributed by atoms with Crippen molar-refractivity contribution in [2.24, 2.45) is 0 Å².